The second-order valence-corrected chi connectivity index (χ2v) is 5.63. The van der Waals surface area contributed by atoms with E-state index in [0.29, 0.717) is 0 Å². The molecule has 0 aliphatic carbocycles. The van der Waals surface area contributed by atoms with Gasteiger partial charge >= 0.3 is 0 Å². The second-order valence-electron chi connectivity index (χ2n) is 5.63. The molecule has 2 heteroatoms. The first-order chi connectivity index (χ1) is 9.35. The molecule has 0 saturated carbocycles. The van der Waals surface area contributed by atoms with Crippen molar-refractivity contribution in [3.8, 4) is 0 Å². The van der Waals surface area contributed by atoms with E-state index in [0.717, 1.165) is 13.1 Å². The second kappa shape index (κ2) is 15.5. The van der Waals surface area contributed by atoms with Crippen LogP contribution in [0.3, 0.4) is 0 Å². The summed E-state index contributed by atoms with van der Waals surface area (Å²) in [7, 11) is 0. The molecule has 0 bridgehead atoms. The predicted molar refractivity (Wildman–Crippen MR) is 86.1 cm³/mol. The lowest BCUT2D eigenvalue weighted by Gasteiger charge is -2.17. The zero-order chi connectivity index (χ0) is 14.2. The van der Waals surface area contributed by atoms with Crippen LogP contribution in [0, 0.1) is 5.41 Å². The molecule has 0 atom stereocenters. The lowest BCUT2D eigenvalue weighted by Crippen LogP contribution is -2.24. The SMILES string of the molecule is CCCCCCCCN([C]=N)CCCCCCCC. The standard InChI is InChI=1S/C17H35N2/c1-3-5-7-9-11-13-15-19(17-18)16-14-12-10-8-6-4-2/h18H,3-16H2,1-2H3. The van der Waals surface area contributed by atoms with Gasteiger partial charge in [-0.3, -0.25) is 5.41 Å². The van der Waals surface area contributed by atoms with Gasteiger partial charge in [0.15, 0.2) is 6.34 Å². The van der Waals surface area contributed by atoms with Crippen LogP contribution in [0.2, 0.25) is 0 Å². The fraction of sp³-hybridized carbons (Fsp3) is 0.941. The first-order valence-electron chi connectivity index (χ1n) is 8.52. The summed E-state index contributed by atoms with van der Waals surface area (Å²) >= 11 is 0. The Morgan fingerprint density at radius 2 is 1.00 bits per heavy atom. The topological polar surface area (TPSA) is 27.1 Å². The molecular weight excluding hydrogens is 232 g/mol. The Morgan fingerprint density at radius 1 is 0.632 bits per heavy atom. The minimum absolute atomic E-state index is 1.03. The molecule has 0 unspecified atom stereocenters. The van der Waals surface area contributed by atoms with Gasteiger partial charge in [-0.1, -0.05) is 78.1 Å². The van der Waals surface area contributed by atoms with Crippen LogP contribution in [-0.2, 0) is 0 Å². The van der Waals surface area contributed by atoms with Crippen molar-refractivity contribution in [2.45, 2.75) is 90.9 Å². The third-order valence-electron chi connectivity index (χ3n) is 3.72. The maximum Gasteiger partial charge on any atom is 0.163 e. The highest BCUT2D eigenvalue weighted by atomic mass is 15.1. The fourth-order valence-corrected chi connectivity index (χ4v) is 2.39. The van der Waals surface area contributed by atoms with Crippen molar-refractivity contribution >= 4 is 6.34 Å². The number of rotatable bonds is 15. The molecule has 0 heterocycles. The van der Waals surface area contributed by atoms with Crippen LogP contribution in [0.15, 0.2) is 0 Å². The average molecular weight is 267 g/mol. The molecule has 0 aliphatic heterocycles. The summed E-state index contributed by atoms with van der Waals surface area (Å²) in [5.41, 5.74) is 0. The molecule has 0 aliphatic rings. The summed E-state index contributed by atoms with van der Waals surface area (Å²) in [4.78, 5) is 2.07. The molecule has 113 valence electrons. The molecule has 0 amide bonds. The first-order valence-corrected chi connectivity index (χ1v) is 8.52. The van der Waals surface area contributed by atoms with Gasteiger partial charge in [0.1, 0.15) is 0 Å². The van der Waals surface area contributed by atoms with E-state index in [1.807, 2.05) is 0 Å². The van der Waals surface area contributed by atoms with Crippen molar-refractivity contribution in [2.24, 2.45) is 0 Å². The molecule has 19 heavy (non-hydrogen) atoms. The zero-order valence-electron chi connectivity index (χ0n) is 13.3. The third kappa shape index (κ3) is 13.7. The Balaban J connectivity index is 3.32. The number of nitrogens with zero attached hydrogens (tertiary/aromatic N) is 1. The highest BCUT2D eigenvalue weighted by Gasteiger charge is 2.00. The van der Waals surface area contributed by atoms with E-state index in [-0.39, 0.29) is 0 Å². The van der Waals surface area contributed by atoms with Gasteiger partial charge in [0.25, 0.3) is 0 Å². The van der Waals surface area contributed by atoms with Gasteiger partial charge in [-0.15, -0.1) is 0 Å². The summed E-state index contributed by atoms with van der Waals surface area (Å²) in [5.74, 6) is 0. The van der Waals surface area contributed by atoms with Gasteiger partial charge in [0, 0.05) is 13.1 Å². The molecular formula is C17H35N2. The van der Waals surface area contributed by atoms with Gasteiger partial charge in [-0.05, 0) is 12.8 Å². The number of unbranched alkanes of at least 4 members (excludes halogenated alkanes) is 10. The first kappa shape index (κ1) is 18.5. The molecule has 0 aromatic rings. The molecule has 0 aromatic heterocycles. The summed E-state index contributed by atoms with van der Waals surface area (Å²) < 4.78 is 0. The lowest BCUT2D eigenvalue weighted by atomic mass is 10.1. The van der Waals surface area contributed by atoms with Crippen molar-refractivity contribution in [3.05, 3.63) is 0 Å². The molecule has 0 saturated heterocycles. The number of hydrogen-bond donors (Lipinski definition) is 1. The lowest BCUT2D eigenvalue weighted by molar-refractivity contribution is 0.392. The fourth-order valence-electron chi connectivity index (χ4n) is 2.39. The van der Waals surface area contributed by atoms with Crippen molar-refractivity contribution in [2.75, 3.05) is 13.1 Å². The Bertz CT molecular complexity index is 164. The maximum atomic E-state index is 7.33. The summed E-state index contributed by atoms with van der Waals surface area (Å²) in [6.45, 7) is 6.58. The minimum Gasteiger partial charge on any atom is -0.354 e. The minimum atomic E-state index is 1.03. The van der Waals surface area contributed by atoms with E-state index in [4.69, 9.17) is 5.41 Å². The van der Waals surface area contributed by atoms with Crippen LogP contribution < -0.4 is 0 Å². The van der Waals surface area contributed by atoms with Gasteiger partial charge in [0.05, 0.1) is 0 Å². The molecule has 0 spiro atoms. The molecule has 0 aromatic carbocycles. The van der Waals surface area contributed by atoms with E-state index >= 15 is 0 Å². The highest BCUT2D eigenvalue weighted by molar-refractivity contribution is 5.50. The smallest absolute Gasteiger partial charge is 0.163 e. The monoisotopic (exact) mass is 267 g/mol. The highest BCUT2D eigenvalue weighted by Crippen LogP contribution is 2.08. The maximum absolute atomic E-state index is 7.33. The third-order valence-corrected chi connectivity index (χ3v) is 3.72. The van der Waals surface area contributed by atoms with Crippen LogP contribution in [-0.4, -0.2) is 24.3 Å². The Kier molecular flexibility index (Phi) is 15.1. The van der Waals surface area contributed by atoms with Crippen LogP contribution in [0.1, 0.15) is 90.9 Å². The molecule has 1 N–H and O–H groups in total. The van der Waals surface area contributed by atoms with Gasteiger partial charge in [-0.2, -0.15) is 0 Å². The van der Waals surface area contributed by atoms with Crippen molar-refractivity contribution < 1.29 is 0 Å². The van der Waals surface area contributed by atoms with Crippen LogP contribution >= 0.6 is 0 Å². The quantitative estimate of drug-likeness (QED) is 0.180. The largest absolute Gasteiger partial charge is 0.354 e. The zero-order valence-corrected chi connectivity index (χ0v) is 13.3. The van der Waals surface area contributed by atoms with Crippen LogP contribution in [0.4, 0.5) is 0 Å². The normalized spacial score (nSPS) is 10.6. The van der Waals surface area contributed by atoms with Gasteiger partial charge in [0.2, 0.25) is 0 Å². The van der Waals surface area contributed by atoms with Crippen LogP contribution in [0.5, 0.6) is 0 Å². The van der Waals surface area contributed by atoms with E-state index in [1.54, 1.807) is 0 Å². The van der Waals surface area contributed by atoms with Crippen molar-refractivity contribution in [1.82, 2.24) is 4.90 Å². The Labute approximate surface area is 121 Å². The van der Waals surface area contributed by atoms with Crippen molar-refractivity contribution in [1.29, 1.82) is 5.41 Å². The Hall–Kier alpha value is -0.530. The number of hydrogen-bond acceptors (Lipinski definition) is 1. The Morgan fingerprint density at radius 3 is 1.37 bits per heavy atom. The summed E-state index contributed by atoms with van der Waals surface area (Å²) in [5, 5.41) is 7.33. The average Bonchev–Trinajstić information content (AvgIpc) is 2.44. The van der Waals surface area contributed by atoms with E-state index in [2.05, 4.69) is 25.1 Å². The van der Waals surface area contributed by atoms with Gasteiger partial charge < -0.3 is 4.90 Å². The van der Waals surface area contributed by atoms with E-state index in [1.165, 1.54) is 77.0 Å². The molecule has 1 radical (unpaired) electrons. The van der Waals surface area contributed by atoms with Crippen molar-refractivity contribution in [3.63, 3.8) is 0 Å². The summed E-state index contributed by atoms with van der Waals surface area (Å²) in [6, 6.07) is 0. The summed E-state index contributed by atoms with van der Waals surface area (Å²) in [6.07, 6.45) is 18.5. The predicted octanol–water partition coefficient (Wildman–Crippen LogP) is 5.49. The van der Waals surface area contributed by atoms with E-state index < -0.39 is 0 Å². The number of nitrogens with one attached hydrogen (secondary N) is 1. The molecule has 0 rings (SSSR count). The van der Waals surface area contributed by atoms with Crippen LogP contribution in [0.25, 0.3) is 0 Å². The van der Waals surface area contributed by atoms with E-state index in [9.17, 15) is 0 Å². The molecule has 0 fully saturated rings. The molecule has 2 nitrogen and oxygen atoms in total. The van der Waals surface area contributed by atoms with Gasteiger partial charge in [-0.25, -0.2) is 0 Å².